The van der Waals surface area contributed by atoms with Gasteiger partial charge in [-0.05, 0) is 32.0 Å². The van der Waals surface area contributed by atoms with Crippen LogP contribution in [0.3, 0.4) is 0 Å². The number of likely N-dealkylation sites (N-methyl/N-ethyl adjacent to an activating group) is 1. The largest absolute Gasteiger partial charge is 0.448 e. The van der Waals surface area contributed by atoms with Crippen LogP contribution in [0, 0.1) is 0 Å². The molecule has 2 heterocycles. The van der Waals surface area contributed by atoms with E-state index in [9.17, 15) is 0 Å². The Balaban J connectivity index is 1.60. The molecule has 0 unspecified atom stereocenters. The molecule has 0 amide bonds. The van der Waals surface area contributed by atoms with Crippen molar-refractivity contribution in [3.05, 3.63) is 18.2 Å². The van der Waals surface area contributed by atoms with E-state index < -0.39 is 0 Å². The Hall–Kier alpha value is -1.42. The molecule has 4 heteroatoms. The molecular weight excluding hydrogens is 264 g/mol. The van der Waals surface area contributed by atoms with Crippen LogP contribution in [0.2, 0.25) is 0 Å². The lowest BCUT2D eigenvalue weighted by atomic mass is 9.94. The maximum Gasteiger partial charge on any atom is 0.251 e. The van der Waals surface area contributed by atoms with Crippen molar-refractivity contribution in [3.8, 4) is 11.5 Å². The molecule has 0 N–H and O–H groups in total. The smallest absolute Gasteiger partial charge is 0.251 e. The van der Waals surface area contributed by atoms with Crippen molar-refractivity contribution in [1.29, 1.82) is 0 Å². The van der Waals surface area contributed by atoms with Crippen molar-refractivity contribution >= 4 is 5.69 Å². The minimum atomic E-state index is -0.372. The molecule has 0 aromatic heterocycles. The van der Waals surface area contributed by atoms with Crippen LogP contribution in [0.1, 0.15) is 32.1 Å². The first-order valence-corrected chi connectivity index (χ1v) is 8.20. The topological polar surface area (TPSA) is 24.9 Å². The van der Waals surface area contributed by atoms with Crippen LogP contribution in [-0.2, 0) is 0 Å². The van der Waals surface area contributed by atoms with Crippen LogP contribution in [0.5, 0.6) is 11.5 Å². The van der Waals surface area contributed by atoms with Gasteiger partial charge in [-0.25, -0.2) is 0 Å². The van der Waals surface area contributed by atoms with Gasteiger partial charge >= 0.3 is 0 Å². The molecule has 0 bridgehead atoms. The van der Waals surface area contributed by atoms with Gasteiger partial charge in [-0.1, -0.05) is 12.5 Å². The Morgan fingerprint density at radius 3 is 2.48 bits per heavy atom. The summed E-state index contributed by atoms with van der Waals surface area (Å²) < 4.78 is 12.6. The van der Waals surface area contributed by atoms with Gasteiger partial charge in [0.1, 0.15) is 0 Å². The van der Waals surface area contributed by atoms with Crippen LogP contribution in [0.15, 0.2) is 18.2 Å². The Labute approximate surface area is 126 Å². The van der Waals surface area contributed by atoms with E-state index >= 15 is 0 Å². The lowest BCUT2D eigenvalue weighted by Crippen LogP contribution is -2.44. The fraction of sp³-hybridized carbons (Fsp3) is 0.647. The highest BCUT2D eigenvalue weighted by Crippen LogP contribution is 2.50. The molecule has 0 atom stereocenters. The molecule has 1 saturated carbocycles. The van der Waals surface area contributed by atoms with Gasteiger partial charge in [0.15, 0.2) is 11.5 Å². The van der Waals surface area contributed by atoms with Gasteiger partial charge in [-0.3, -0.25) is 0 Å². The summed E-state index contributed by atoms with van der Waals surface area (Å²) in [5.74, 6) is 1.54. The van der Waals surface area contributed by atoms with E-state index in [0.717, 1.165) is 50.5 Å². The van der Waals surface area contributed by atoms with E-state index in [0.29, 0.717) is 0 Å². The number of anilines is 1. The third-order valence-corrected chi connectivity index (χ3v) is 5.00. The molecule has 0 radical (unpaired) electrons. The molecule has 4 nitrogen and oxygen atoms in total. The maximum atomic E-state index is 6.37. The zero-order valence-electron chi connectivity index (χ0n) is 12.8. The summed E-state index contributed by atoms with van der Waals surface area (Å²) >= 11 is 0. The van der Waals surface area contributed by atoms with Crippen LogP contribution in [0.4, 0.5) is 5.69 Å². The quantitative estimate of drug-likeness (QED) is 0.793. The second kappa shape index (κ2) is 5.09. The van der Waals surface area contributed by atoms with Crippen LogP contribution >= 0.6 is 0 Å². The van der Waals surface area contributed by atoms with Crippen molar-refractivity contribution in [2.75, 3.05) is 38.1 Å². The van der Waals surface area contributed by atoms with Crippen molar-refractivity contribution in [3.63, 3.8) is 0 Å². The number of nitrogens with zero attached hydrogens (tertiary/aromatic N) is 2. The third kappa shape index (κ3) is 2.35. The third-order valence-electron chi connectivity index (χ3n) is 5.00. The van der Waals surface area contributed by atoms with E-state index in [1.807, 2.05) is 0 Å². The molecule has 3 aliphatic rings. The average Bonchev–Trinajstić information content (AvgIpc) is 2.86. The fourth-order valence-corrected chi connectivity index (χ4v) is 3.69. The first kappa shape index (κ1) is 13.3. The van der Waals surface area contributed by atoms with E-state index in [1.54, 1.807) is 0 Å². The van der Waals surface area contributed by atoms with Gasteiger partial charge < -0.3 is 19.3 Å². The Morgan fingerprint density at radius 2 is 1.71 bits per heavy atom. The zero-order valence-corrected chi connectivity index (χ0v) is 12.8. The Bertz CT molecular complexity index is 518. The molecule has 1 aliphatic carbocycles. The van der Waals surface area contributed by atoms with Gasteiger partial charge in [0, 0.05) is 39.0 Å². The molecule has 1 spiro atoms. The Morgan fingerprint density at radius 1 is 0.952 bits per heavy atom. The number of hydrogen-bond donors (Lipinski definition) is 0. The number of benzene rings is 1. The van der Waals surface area contributed by atoms with Crippen molar-refractivity contribution in [1.82, 2.24) is 4.90 Å². The molecule has 1 aromatic rings. The summed E-state index contributed by atoms with van der Waals surface area (Å²) in [4.78, 5) is 4.81. The first-order valence-electron chi connectivity index (χ1n) is 8.20. The lowest BCUT2D eigenvalue weighted by Gasteiger charge is -2.35. The molecule has 114 valence electrons. The van der Waals surface area contributed by atoms with E-state index in [-0.39, 0.29) is 5.79 Å². The number of fused-ring (bicyclic) bond motifs is 1. The zero-order chi connectivity index (χ0) is 14.3. The predicted molar refractivity (Wildman–Crippen MR) is 83.2 cm³/mol. The van der Waals surface area contributed by atoms with Crippen molar-refractivity contribution in [2.45, 2.75) is 37.9 Å². The van der Waals surface area contributed by atoms with Gasteiger partial charge in [-0.15, -0.1) is 0 Å². The highest BCUT2D eigenvalue weighted by atomic mass is 16.7. The highest BCUT2D eigenvalue weighted by molar-refractivity contribution is 5.66. The standard InChI is InChI=1S/C17H24N2O2/c1-18-10-12-19(13-11-18)14-6-5-7-15-16(14)21-17(20-15)8-3-2-4-9-17/h5-7H,2-4,8-13H2,1H3. The van der Waals surface area contributed by atoms with E-state index in [4.69, 9.17) is 9.47 Å². The average molecular weight is 288 g/mol. The minimum Gasteiger partial charge on any atom is -0.448 e. The van der Waals surface area contributed by atoms with Crippen LogP contribution < -0.4 is 14.4 Å². The number of ether oxygens (including phenoxy) is 2. The lowest BCUT2D eigenvalue weighted by molar-refractivity contribution is -0.105. The molecule has 2 fully saturated rings. The number of para-hydroxylation sites is 1. The summed E-state index contributed by atoms with van der Waals surface area (Å²) in [6.45, 7) is 4.33. The Kier molecular flexibility index (Phi) is 3.21. The molecule has 2 aliphatic heterocycles. The van der Waals surface area contributed by atoms with E-state index in [1.165, 1.54) is 24.9 Å². The fourth-order valence-electron chi connectivity index (χ4n) is 3.69. The summed E-state index contributed by atoms with van der Waals surface area (Å²) in [7, 11) is 2.18. The molecule has 4 rings (SSSR count). The summed E-state index contributed by atoms with van der Waals surface area (Å²) in [6, 6.07) is 6.32. The highest BCUT2D eigenvalue weighted by Gasteiger charge is 2.43. The predicted octanol–water partition coefficient (Wildman–Crippen LogP) is 2.87. The minimum absolute atomic E-state index is 0.372. The monoisotopic (exact) mass is 288 g/mol. The van der Waals surface area contributed by atoms with Crippen molar-refractivity contribution < 1.29 is 9.47 Å². The van der Waals surface area contributed by atoms with Gasteiger partial charge in [-0.2, -0.15) is 0 Å². The van der Waals surface area contributed by atoms with Gasteiger partial charge in [0.05, 0.1) is 5.69 Å². The molecular formula is C17H24N2O2. The van der Waals surface area contributed by atoms with Crippen LogP contribution in [0.25, 0.3) is 0 Å². The molecule has 1 aromatic carbocycles. The van der Waals surface area contributed by atoms with Gasteiger partial charge in [0.25, 0.3) is 5.79 Å². The van der Waals surface area contributed by atoms with Crippen LogP contribution in [-0.4, -0.2) is 43.9 Å². The summed E-state index contributed by atoms with van der Waals surface area (Å²) in [6.07, 6.45) is 5.75. The first-order chi connectivity index (χ1) is 10.3. The SMILES string of the molecule is CN1CCN(c2cccc3c2OC2(CCCCC2)O3)CC1. The van der Waals surface area contributed by atoms with Gasteiger partial charge in [0.2, 0.25) is 0 Å². The maximum absolute atomic E-state index is 6.37. The molecule has 1 saturated heterocycles. The number of hydrogen-bond acceptors (Lipinski definition) is 4. The normalized spacial score (nSPS) is 24.5. The number of piperazine rings is 1. The number of rotatable bonds is 1. The second-order valence-corrected chi connectivity index (χ2v) is 6.57. The summed E-state index contributed by atoms with van der Waals surface area (Å²) in [5.41, 5.74) is 1.21. The van der Waals surface area contributed by atoms with Crippen molar-refractivity contribution in [2.24, 2.45) is 0 Å². The second-order valence-electron chi connectivity index (χ2n) is 6.57. The summed E-state index contributed by atoms with van der Waals surface area (Å²) in [5, 5.41) is 0. The van der Waals surface area contributed by atoms with E-state index in [2.05, 4.69) is 35.0 Å². The molecule has 21 heavy (non-hydrogen) atoms.